The minimum Gasteiger partial charge on any atom is -0.489 e. The first kappa shape index (κ1) is 9.46. The van der Waals surface area contributed by atoms with E-state index >= 15 is 0 Å². The SMILES string of the molecule is CC1CC(=O)c2cc(F)c(Cl)cc2O1. The molecule has 0 aliphatic carbocycles. The Morgan fingerprint density at radius 1 is 1.57 bits per heavy atom. The Hall–Kier alpha value is -1.09. The van der Waals surface area contributed by atoms with Gasteiger partial charge in [-0.15, -0.1) is 0 Å². The van der Waals surface area contributed by atoms with Crippen molar-refractivity contribution >= 4 is 17.4 Å². The van der Waals surface area contributed by atoms with Gasteiger partial charge in [0.15, 0.2) is 5.78 Å². The molecule has 4 heteroatoms. The lowest BCUT2D eigenvalue weighted by Crippen LogP contribution is -2.24. The van der Waals surface area contributed by atoms with Crippen molar-refractivity contribution in [3.05, 3.63) is 28.5 Å². The van der Waals surface area contributed by atoms with Gasteiger partial charge in [0, 0.05) is 12.5 Å². The first-order chi connectivity index (χ1) is 6.58. The summed E-state index contributed by atoms with van der Waals surface area (Å²) in [4.78, 5) is 11.5. The fourth-order valence-electron chi connectivity index (χ4n) is 1.47. The van der Waals surface area contributed by atoms with Crippen molar-refractivity contribution in [3.63, 3.8) is 0 Å². The van der Waals surface area contributed by atoms with Crippen LogP contribution in [0, 0.1) is 5.82 Å². The minimum atomic E-state index is -0.586. The predicted octanol–water partition coefficient (Wildman–Crippen LogP) is 2.83. The molecule has 0 bridgehead atoms. The largest absolute Gasteiger partial charge is 0.489 e. The number of hydrogen-bond donors (Lipinski definition) is 0. The normalized spacial score (nSPS) is 20.2. The van der Waals surface area contributed by atoms with Crippen LogP contribution >= 0.6 is 11.6 Å². The molecule has 1 aliphatic heterocycles. The van der Waals surface area contributed by atoms with E-state index < -0.39 is 5.82 Å². The van der Waals surface area contributed by atoms with Gasteiger partial charge in [-0.05, 0) is 13.0 Å². The zero-order valence-corrected chi connectivity index (χ0v) is 8.27. The molecule has 2 nitrogen and oxygen atoms in total. The smallest absolute Gasteiger partial charge is 0.170 e. The zero-order valence-electron chi connectivity index (χ0n) is 7.51. The van der Waals surface area contributed by atoms with E-state index in [0.29, 0.717) is 5.75 Å². The minimum absolute atomic E-state index is 0.0225. The van der Waals surface area contributed by atoms with Crippen LogP contribution in [0.15, 0.2) is 12.1 Å². The number of halogens is 2. The fourth-order valence-corrected chi connectivity index (χ4v) is 1.63. The third-order valence-electron chi connectivity index (χ3n) is 2.12. The summed E-state index contributed by atoms with van der Waals surface area (Å²) in [5, 5.41) is -0.0225. The molecule has 1 heterocycles. The zero-order chi connectivity index (χ0) is 10.3. The Bertz CT molecular complexity index is 403. The van der Waals surface area contributed by atoms with Gasteiger partial charge in [-0.3, -0.25) is 4.79 Å². The van der Waals surface area contributed by atoms with Crippen molar-refractivity contribution in [3.8, 4) is 5.75 Å². The molecular weight excluding hydrogens is 207 g/mol. The maximum Gasteiger partial charge on any atom is 0.170 e. The Labute approximate surface area is 85.6 Å². The van der Waals surface area contributed by atoms with Crippen molar-refractivity contribution in [2.24, 2.45) is 0 Å². The van der Waals surface area contributed by atoms with Gasteiger partial charge in [0.1, 0.15) is 17.7 Å². The van der Waals surface area contributed by atoms with Crippen LogP contribution < -0.4 is 4.74 Å². The number of fused-ring (bicyclic) bond motifs is 1. The Morgan fingerprint density at radius 2 is 2.29 bits per heavy atom. The van der Waals surface area contributed by atoms with Crippen LogP contribution in [-0.4, -0.2) is 11.9 Å². The number of rotatable bonds is 0. The molecule has 0 aromatic heterocycles. The van der Waals surface area contributed by atoms with E-state index in [2.05, 4.69) is 0 Å². The summed E-state index contributed by atoms with van der Waals surface area (Å²) >= 11 is 5.57. The van der Waals surface area contributed by atoms with Crippen molar-refractivity contribution in [1.29, 1.82) is 0 Å². The average Bonchev–Trinajstić information content (AvgIpc) is 2.08. The van der Waals surface area contributed by atoms with Crippen LogP contribution in [0.5, 0.6) is 5.75 Å². The van der Waals surface area contributed by atoms with Crippen LogP contribution in [0.4, 0.5) is 4.39 Å². The predicted molar refractivity (Wildman–Crippen MR) is 50.4 cm³/mol. The summed E-state index contributed by atoms with van der Waals surface area (Å²) in [5.41, 5.74) is 0.282. The number of carbonyl (C=O) groups is 1. The molecule has 0 saturated carbocycles. The van der Waals surface area contributed by atoms with E-state index in [0.717, 1.165) is 6.07 Å². The van der Waals surface area contributed by atoms with Gasteiger partial charge in [0.05, 0.1) is 10.6 Å². The van der Waals surface area contributed by atoms with Crippen molar-refractivity contribution in [1.82, 2.24) is 0 Å². The maximum atomic E-state index is 13.0. The molecule has 14 heavy (non-hydrogen) atoms. The second kappa shape index (κ2) is 3.24. The lowest BCUT2D eigenvalue weighted by molar-refractivity contribution is 0.0870. The third kappa shape index (κ3) is 1.48. The van der Waals surface area contributed by atoms with E-state index in [1.807, 2.05) is 0 Å². The molecule has 0 spiro atoms. The van der Waals surface area contributed by atoms with Gasteiger partial charge in [0.2, 0.25) is 0 Å². The van der Waals surface area contributed by atoms with Gasteiger partial charge in [-0.2, -0.15) is 0 Å². The van der Waals surface area contributed by atoms with Crippen molar-refractivity contribution in [2.45, 2.75) is 19.4 Å². The quantitative estimate of drug-likeness (QED) is 0.664. The second-order valence-electron chi connectivity index (χ2n) is 3.32. The number of ketones is 1. The summed E-state index contributed by atoms with van der Waals surface area (Å²) in [6, 6.07) is 2.48. The molecule has 1 atom stereocenters. The van der Waals surface area contributed by atoms with E-state index in [1.165, 1.54) is 6.07 Å². The Morgan fingerprint density at radius 3 is 3.00 bits per heavy atom. The highest BCUT2D eigenvalue weighted by molar-refractivity contribution is 6.31. The molecule has 1 unspecified atom stereocenters. The summed E-state index contributed by atoms with van der Waals surface area (Å²) in [5.74, 6) is -0.314. The van der Waals surface area contributed by atoms with Gasteiger partial charge >= 0.3 is 0 Å². The number of benzene rings is 1. The van der Waals surface area contributed by atoms with Crippen LogP contribution in [-0.2, 0) is 0 Å². The molecule has 0 amide bonds. The molecule has 1 aliphatic rings. The molecule has 0 N–H and O–H groups in total. The average molecular weight is 215 g/mol. The molecule has 2 rings (SSSR count). The van der Waals surface area contributed by atoms with Gasteiger partial charge < -0.3 is 4.74 Å². The summed E-state index contributed by atoms with van der Waals surface area (Å²) in [6.45, 7) is 1.79. The van der Waals surface area contributed by atoms with E-state index in [9.17, 15) is 9.18 Å². The standard InChI is InChI=1S/C10H8ClFO2/c1-5-2-9(13)6-3-8(12)7(11)4-10(6)14-5/h3-5H,2H2,1H3. The molecule has 0 saturated heterocycles. The van der Waals surface area contributed by atoms with E-state index in [-0.39, 0.29) is 28.9 Å². The maximum absolute atomic E-state index is 13.0. The highest BCUT2D eigenvalue weighted by Gasteiger charge is 2.24. The van der Waals surface area contributed by atoms with Crippen LogP contribution in [0.3, 0.4) is 0 Å². The lowest BCUT2D eigenvalue weighted by atomic mass is 10.0. The van der Waals surface area contributed by atoms with Crippen molar-refractivity contribution < 1.29 is 13.9 Å². The molecule has 74 valence electrons. The lowest BCUT2D eigenvalue weighted by Gasteiger charge is -2.22. The number of ether oxygens (including phenoxy) is 1. The number of Topliss-reactive ketones (excluding diaryl/α,β-unsaturated/α-hetero) is 1. The highest BCUT2D eigenvalue weighted by Crippen LogP contribution is 2.31. The number of carbonyl (C=O) groups excluding carboxylic acids is 1. The Balaban J connectivity index is 2.55. The first-order valence-electron chi connectivity index (χ1n) is 4.27. The highest BCUT2D eigenvalue weighted by atomic mass is 35.5. The van der Waals surface area contributed by atoms with Gasteiger partial charge in [0.25, 0.3) is 0 Å². The van der Waals surface area contributed by atoms with E-state index in [1.54, 1.807) is 6.92 Å². The molecule has 0 fully saturated rings. The molecular formula is C10H8ClFO2. The third-order valence-corrected chi connectivity index (χ3v) is 2.41. The van der Waals surface area contributed by atoms with Gasteiger partial charge in [-0.25, -0.2) is 4.39 Å². The topological polar surface area (TPSA) is 26.3 Å². The molecule has 1 aromatic rings. The van der Waals surface area contributed by atoms with E-state index in [4.69, 9.17) is 16.3 Å². The monoisotopic (exact) mass is 214 g/mol. The fraction of sp³-hybridized carbons (Fsp3) is 0.300. The Kier molecular flexibility index (Phi) is 2.19. The molecule has 1 aromatic carbocycles. The summed E-state index contributed by atoms with van der Waals surface area (Å²) in [7, 11) is 0. The summed E-state index contributed by atoms with van der Waals surface area (Å²) < 4.78 is 18.4. The summed E-state index contributed by atoms with van der Waals surface area (Å²) in [6.07, 6.45) is 0.116. The van der Waals surface area contributed by atoms with Gasteiger partial charge in [-0.1, -0.05) is 11.6 Å². The second-order valence-corrected chi connectivity index (χ2v) is 3.73. The van der Waals surface area contributed by atoms with Crippen LogP contribution in [0.25, 0.3) is 0 Å². The van der Waals surface area contributed by atoms with Crippen molar-refractivity contribution in [2.75, 3.05) is 0 Å². The first-order valence-corrected chi connectivity index (χ1v) is 4.64. The van der Waals surface area contributed by atoms with Crippen LogP contribution in [0.2, 0.25) is 5.02 Å². The van der Waals surface area contributed by atoms with Crippen LogP contribution in [0.1, 0.15) is 23.7 Å². The number of hydrogen-bond acceptors (Lipinski definition) is 2. The molecule has 0 radical (unpaired) electrons.